The lowest BCUT2D eigenvalue weighted by molar-refractivity contribution is 0.306. The molecule has 0 aliphatic carbocycles. The minimum Gasteiger partial charge on any atom is -0.489 e. The maximum absolute atomic E-state index is 8.65. The molecular weight excluding hydrogens is 467 g/mol. The van der Waals surface area contributed by atoms with Gasteiger partial charge in [0.2, 0.25) is 0 Å². The fraction of sp³-hybridized carbons (Fsp3) is 0.318. The molecule has 0 spiro atoms. The lowest BCUT2D eigenvalue weighted by atomic mass is 10.0. The summed E-state index contributed by atoms with van der Waals surface area (Å²) in [6.07, 6.45) is 10.4. The van der Waals surface area contributed by atoms with Gasteiger partial charge in [0.25, 0.3) is 0 Å². The standard InChI is InChI=1S/C21H22Cl2N6O.CH4S/c22-18-9-27-10-19(23)17(18)12-30-15-1-2-20(24)16(7-15)21(25)13-8-28-29(11-13)14-3-5-26-6-4-14;1-2/h1-2,7-11,14,25-26H,3-6,12,24H2;2H,1H3. The van der Waals surface area contributed by atoms with Gasteiger partial charge in [0.05, 0.1) is 28.0 Å². The molecule has 7 nitrogen and oxygen atoms in total. The van der Waals surface area contributed by atoms with Crippen molar-refractivity contribution in [1.29, 1.82) is 5.41 Å². The van der Waals surface area contributed by atoms with Gasteiger partial charge in [0.1, 0.15) is 12.4 Å². The van der Waals surface area contributed by atoms with Crippen molar-refractivity contribution in [1.82, 2.24) is 20.1 Å². The lowest BCUT2D eigenvalue weighted by Crippen LogP contribution is -2.29. The molecule has 0 atom stereocenters. The molecule has 32 heavy (non-hydrogen) atoms. The van der Waals surface area contributed by atoms with Crippen LogP contribution in [0, 0.1) is 5.41 Å². The number of nitrogens with one attached hydrogen (secondary N) is 2. The molecule has 0 unspecified atom stereocenters. The van der Waals surface area contributed by atoms with Gasteiger partial charge in [-0.2, -0.15) is 17.7 Å². The number of hydrogen-bond acceptors (Lipinski definition) is 7. The van der Waals surface area contributed by atoms with E-state index in [4.69, 9.17) is 39.1 Å². The summed E-state index contributed by atoms with van der Waals surface area (Å²) < 4.78 is 7.81. The number of aromatic nitrogens is 3. The average molecular weight is 493 g/mol. The fourth-order valence-corrected chi connectivity index (χ4v) is 3.94. The van der Waals surface area contributed by atoms with Crippen molar-refractivity contribution in [3.63, 3.8) is 0 Å². The SMILES string of the molecule is CS.N=C(c1cnn(C2CCNCC2)c1)c1cc(OCc2c(Cl)cncc2Cl)ccc1N. The van der Waals surface area contributed by atoms with Gasteiger partial charge in [0, 0.05) is 41.0 Å². The Balaban J connectivity index is 0.00000141. The fourth-order valence-electron chi connectivity index (χ4n) is 3.47. The Morgan fingerprint density at radius 1 is 1.22 bits per heavy atom. The maximum Gasteiger partial charge on any atom is 0.120 e. The molecule has 3 aromatic rings. The molecule has 10 heteroatoms. The van der Waals surface area contributed by atoms with Crippen molar-refractivity contribution < 1.29 is 4.74 Å². The molecule has 0 radical (unpaired) electrons. The summed E-state index contributed by atoms with van der Waals surface area (Å²) in [5.74, 6) is 0.568. The van der Waals surface area contributed by atoms with Crippen LogP contribution in [-0.2, 0) is 6.61 Å². The minimum absolute atomic E-state index is 0.185. The van der Waals surface area contributed by atoms with Crippen LogP contribution in [0.2, 0.25) is 10.0 Å². The molecule has 1 saturated heterocycles. The molecule has 1 aliphatic rings. The molecule has 0 saturated carbocycles. The van der Waals surface area contributed by atoms with Crippen molar-refractivity contribution in [3.05, 3.63) is 69.7 Å². The molecule has 0 bridgehead atoms. The largest absolute Gasteiger partial charge is 0.489 e. The predicted octanol–water partition coefficient (Wildman–Crippen LogP) is 4.63. The van der Waals surface area contributed by atoms with E-state index in [9.17, 15) is 0 Å². The van der Waals surface area contributed by atoms with E-state index in [1.807, 2.05) is 10.9 Å². The molecule has 170 valence electrons. The second-order valence-electron chi connectivity index (χ2n) is 7.18. The van der Waals surface area contributed by atoms with Crippen LogP contribution < -0.4 is 15.8 Å². The summed E-state index contributed by atoms with van der Waals surface area (Å²) in [4.78, 5) is 3.94. The van der Waals surface area contributed by atoms with Crippen molar-refractivity contribution in [2.75, 3.05) is 25.1 Å². The van der Waals surface area contributed by atoms with Crippen LogP contribution in [0.1, 0.15) is 35.6 Å². The Morgan fingerprint density at radius 3 is 2.59 bits per heavy atom. The number of hydrogen-bond donors (Lipinski definition) is 4. The Morgan fingerprint density at radius 2 is 1.91 bits per heavy atom. The Hall–Kier alpha value is -2.26. The third-order valence-corrected chi connectivity index (χ3v) is 5.85. The van der Waals surface area contributed by atoms with Crippen LogP contribution in [0.25, 0.3) is 0 Å². The Kier molecular flexibility index (Phi) is 8.81. The van der Waals surface area contributed by atoms with E-state index in [1.54, 1.807) is 30.7 Å². The summed E-state index contributed by atoms with van der Waals surface area (Å²) in [6.45, 7) is 2.15. The van der Waals surface area contributed by atoms with E-state index >= 15 is 0 Å². The van der Waals surface area contributed by atoms with Crippen LogP contribution in [-0.4, -0.2) is 39.8 Å². The summed E-state index contributed by atoms with van der Waals surface area (Å²) in [5.41, 5.74) is 8.92. The second kappa shape index (κ2) is 11.6. The summed E-state index contributed by atoms with van der Waals surface area (Å²) in [6, 6.07) is 5.59. The van der Waals surface area contributed by atoms with E-state index in [0.717, 1.165) is 31.5 Å². The third kappa shape index (κ3) is 5.75. The van der Waals surface area contributed by atoms with Gasteiger partial charge in [-0.25, -0.2) is 0 Å². The van der Waals surface area contributed by atoms with E-state index in [1.165, 1.54) is 12.4 Å². The number of benzene rings is 1. The highest BCUT2D eigenvalue weighted by Gasteiger charge is 2.18. The Labute approximate surface area is 203 Å². The normalized spacial score (nSPS) is 13.9. The number of nitrogens with two attached hydrogens (primary N) is 1. The predicted molar refractivity (Wildman–Crippen MR) is 134 cm³/mol. The van der Waals surface area contributed by atoms with Gasteiger partial charge in [-0.15, -0.1) is 0 Å². The monoisotopic (exact) mass is 492 g/mol. The highest BCUT2D eigenvalue weighted by Crippen LogP contribution is 2.27. The first-order valence-electron chi connectivity index (χ1n) is 10.1. The summed E-state index contributed by atoms with van der Waals surface area (Å²) in [7, 11) is 0. The van der Waals surface area contributed by atoms with E-state index < -0.39 is 0 Å². The number of halogens is 2. The van der Waals surface area contributed by atoms with Gasteiger partial charge in [-0.1, -0.05) is 23.2 Å². The van der Waals surface area contributed by atoms with Crippen molar-refractivity contribution in [2.24, 2.45) is 0 Å². The quantitative estimate of drug-likeness (QED) is 0.228. The van der Waals surface area contributed by atoms with Gasteiger partial charge in [0.15, 0.2) is 0 Å². The van der Waals surface area contributed by atoms with E-state index in [2.05, 4.69) is 28.0 Å². The summed E-state index contributed by atoms with van der Waals surface area (Å²) >= 11 is 15.8. The molecule has 3 heterocycles. The van der Waals surface area contributed by atoms with Gasteiger partial charge >= 0.3 is 0 Å². The molecule has 1 aromatic carbocycles. The Bertz CT molecular complexity index is 1050. The van der Waals surface area contributed by atoms with Crippen LogP contribution in [0.5, 0.6) is 5.75 Å². The first kappa shape index (κ1) is 24.4. The molecule has 1 fully saturated rings. The zero-order chi connectivity index (χ0) is 23.1. The number of nitrogen functional groups attached to an aromatic ring is 1. The molecular formula is C22H26Cl2N6OS. The molecule has 1 aliphatic heterocycles. The van der Waals surface area contributed by atoms with Gasteiger partial charge in [-0.3, -0.25) is 15.1 Å². The van der Waals surface area contributed by atoms with Gasteiger partial charge in [-0.05, 0) is 50.4 Å². The molecule has 2 aromatic heterocycles. The molecule has 4 rings (SSSR count). The smallest absolute Gasteiger partial charge is 0.120 e. The van der Waals surface area contributed by atoms with Crippen molar-refractivity contribution >= 4 is 47.2 Å². The van der Waals surface area contributed by atoms with E-state index in [-0.39, 0.29) is 6.61 Å². The second-order valence-corrected chi connectivity index (χ2v) is 8.00. The van der Waals surface area contributed by atoms with Crippen LogP contribution in [0.3, 0.4) is 0 Å². The number of piperidine rings is 1. The van der Waals surface area contributed by atoms with Crippen LogP contribution >= 0.6 is 35.8 Å². The van der Waals surface area contributed by atoms with Crippen molar-refractivity contribution in [2.45, 2.75) is 25.5 Å². The third-order valence-electron chi connectivity index (χ3n) is 5.20. The molecule has 0 amide bonds. The highest BCUT2D eigenvalue weighted by molar-refractivity contribution is 7.79. The van der Waals surface area contributed by atoms with Crippen molar-refractivity contribution in [3.8, 4) is 5.75 Å². The number of pyridine rings is 1. The number of rotatable bonds is 6. The maximum atomic E-state index is 8.65. The first-order chi connectivity index (χ1) is 15.5. The molecule has 4 N–H and O–H groups in total. The minimum atomic E-state index is 0.185. The lowest BCUT2D eigenvalue weighted by Gasteiger charge is -2.22. The first-order valence-corrected chi connectivity index (χ1v) is 11.8. The van der Waals surface area contributed by atoms with Gasteiger partial charge < -0.3 is 15.8 Å². The summed E-state index contributed by atoms with van der Waals surface area (Å²) in [5, 5.41) is 17.4. The van der Waals surface area contributed by atoms with E-state index in [0.29, 0.717) is 44.4 Å². The number of ether oxygens (including phenoxy) is 1. The zero-order valence-electron chi connectivity index (χ0n) is 17.7. The number of anilines is 1. The number of thiol groups is 1. The highest BCUT2D eigenvalue weighted by atomic mass is 35.5. The number of nitrogens with zero attached hydrogens (tertiary/aromatic N) is 3. The van der Waals surface area contributed by atoms with Crippen LogP contribution in [0.4, 0.5) is 5.69 Å². The topological polar surface area (TPSA) is 102 Å². The van der Waals surface area contributed by atoms with Crippen LogP contribution in [0.15, 0.2) is 43.0 Å². The zero-order valence-corrected chi connectivity index (χ0v) is 20.1. The average Bonchev–Trinajstić information content (AvgIpc) is 3.32.